The Morgan fingerprint density at radius 1 is 1.00 bits per heavy atom. The fourth-order valence-electron chi connectivity index (χ4n) is 2.86. The van der Waals surface area contributed by atoms with Crippen molar-refractivity contribution < 1.29 is 21.6 Å². The number of carbonyl (C=O) groups is 1. The van der Waals surface area contributed by atoms with Gasteiger partial charge in [-0.15, -0.1) is 0 Å². The Morgan fingerprint density at radius 3 is 1.93 bits per heavy atom. The smallest absolute Gasteiger partial charge is 0.243 e. The molecule has 1 aliphatic rings. The van der Waals surface area contributed by atoms with Crippen molar-refractivity contribution in [1.29, 1.82) is 0 Å². The van der Waals surface area contributed by atoms with Crippen molar-refractivity contribution in [2.24, 2.45) is 0 Å². The van der Waals surface area contributed by atoms with Crippen LogP contribution in [0.5, 0.6) is 0 Å². The molecule has 0 atom stereocenters. The Labute approximate surface area is 168 Å². The van der Waals surface area contributed by atoms with Gasteiger partial charge in [0.1, 0.15) is 0 Å². The minimum Gasteiger partial charge on any atom is -0.339 e. The van der Waals surface area contributed by atoms with E-state index in [2.05, 4.69) is 20.8 Å². The molecule has 0 radical (unpaired) electrons. The molecule has 1 saturated heterocycles. The molecule has 0 unspecified atom stereocenters. The zero-order chi connectivity index (χ0) is 21.3. The van der Waals surface area contributed by atoms with Gasteiger partial charge >= 0.3 is 0 Å². The highest BCUT2D eigenvalue weighted by molar-refractivity contribution is 7.89. The van der Waals surface area contributed by atoms with Crippen LogP contribution in [0, 0.1) is 0 Å². The predicted molar refractivity (Wildman–Crippen MR) is 108 cm³/mol. The van der Waals surface area contributed by atoms with Crippen LogP contribution < -0.4 is 0 Å². The molecule has 8 nitrogen and oxygen atoms in total. The van der Waals surface area contributed by atoms with Crippen molar-refractivity contribution in [3.63, 3.8) is 0 Å². The van der Waals surface area contributed by atoms with E-state index in [-0.39, 0.29) is 48.9 Å². The molecular formula is C18H29N3O5S2. The topological polar surface area (TPSA) is 95.1 Å². The summed E-state index contributed by atoms with van der Waals surface area (Å²) in [5, 5.41) is 0. The van der Waals surface area contributed by atoms with Crippen LogP contribution in [0.25, 0.3) is 0 Å². The monoisotopic (exact) mass is 431 g/mol. The second-order valence-electron chi connectivity index (χ2n) is 8.08. The van der Waals surface area contributed by atoms with E-state index in [1.165, 1.54) is 16.3 Å². The third-order valence-corrected chi connectivity index (χ3v) is 8.05. The number of rotatable bonds is 5. The van der Waals surface area contributed by atoms with Crippen LogP contribution in [0.3, 0.4) is 0 Å². The number of benzene rings is 1. The SMILES string of the molecule is CN(CC(=O)N1CCN(S(=O)(=O)c2ccc(C(C)(C)C)cc2)CC1)S(C)(=O)=O. The van der Waals surface area contributed by atoms with Crippen LogP contribution in [0.4, 0.5) is 0 Å². The zero-order valence-corrected chi connectivity index (χ0v) is 18.7. The summed E-state index contributed by atoms with van der Waals surface area (Å²) in [6.07, 6.45) is 1.04. The Hall–Kier alpha value is -1.49. The lowest BCUT2D eigenvalue weighted by Gasteiger charge is -2.34. The first-order valence-electron chi connectivity index (χ1n) is 9.03. The number of hydrogen-bond acceptors (Lipinski definition) is 5. The first-order valence-corrected chi connectivity index (χ1v) is 12.3. The summed E-state index contributed by atoms with van der Waals surface area (Å²) >= 11 is 0. The summed E-state index contributed by atoms with van der Waals surface area (Å²) in [7, 11) is -5.73. The summed E-state index contributed by atoms with van der Waals surface area (Å²) in [5.74, 6) is -0.334. The maximum Gasteiger partial charge on any atom is 0.243 e. The predicted octanol–water partition coefficient (Wildman–Crippen LogP) is 0.708. The molecule has 0 bridgehead atoms. The molecule has 1 amide bonds. The minimum atomic E-state index is -3.63. The molecular weight excluding hydrogens is 402 g/mol. The number of piperazine rings is 1. The van der Waals surface area contributed by atoms with E-state index >= 15 is 0 Å². The van der Waals surface area contributed by atoms with Crippen molar-refractivity contribution in [2.45, 2.75) is 31.1 Å². The molecule has 0 N–H and O–H groups in total. The normalized spacial score (nSPS) is 17.1. The van der Waals surface area contributed by atoms with Gasteiger partial charge in [-0.05, 0) is 23.1 Å². The van der Waals surface area contributed by atoms with Crippen LogP contribution in [-0.2, 0) is 30.3 Å². The highest BCUT2D eigenvalue weighted by atomic mass is 32.2. The quantitative estimate of drug-likeness (QED) is 0.684. The van der Waals surface area contributed by atoms with Gasteiger partial charge in [-0.25, -0.2) is 16.8 Å². The Bertz CT molecular complexity index is 911. The molecule has 1 aromatic rings. The fraction of sp³-hybridized carbons (Fsp3) is 0.611. The molecule has 2 rings (SSSR count). The fourth-order valence-corrected chi connectivity index (χ4v) is 4.63. The second kappa shape index (κ2) is 8.10. The Kier molecular flexibility index (Phi) is 6.59. The van der Waals surface area contributed by atoms with Gasteiger partial charge in [-0.1, -0.05) is 32.9 Å². The largest absolute Gasteiger partial charge is 0.339 e. The third kappa shape index (κ3) is 5.31. The van der Waals surface area contributed by atoms with Gasteiger partial charge in [0.2, 0.25) is 26.0 Å². The summed E-state index contributed by atoms with van der Waals surface area (Å²) in [6.45, 7) is 6.76. The molecule has 1 heterocycles. The minimum absolute atomic E-state index is 0.0621. The second-order valence-corrected chi connectivity index (χ2v) is 12.1. The van der Waals surface area contributed by atoms with Gasteiger partial charge in [0, 0.05) is 33.2 Å². The summed E-state index contributed by atoms with van der Waals surface area (Å²) < 4.78 is 51.0. The van der Waals surface area contributed by atoms with E-state index in [1.807, 2.05) is 12.1 Å². The van der Waals surface area contributed by atoms with E-state index in [9.17, 15) is 21.6 Å². The van der Waals surface area contributed by atoms with Gasteiger partial charge < -0.3 is 4.90 Å². The van der Waals surface area contributed by atoms with E-state index in [1.54, 1.807) is 12.1 Å². The van der Waals surface area contributed by atoms with Gasteiger partial charge in [0.25, 0.3) is 0 Å². The van der Waals surface area contributed by atoms with Crippen LogP contribution in [0.2, 0.25) is 0 Å². The Morgan fingerprint density at radius 2 is 1.50 bits per heavy atom. The standard InChI is InChI=1S/C18H29N3O5S2/c1-18(2,3)15-6-8-16(9-7-15)28(25,26)21-12-10-20(11-13-21)17(22)14-19(4)27(5,23)24/h6-9H,10-14H2,1-5H3. The lowest BCUT2D eigenvalue weighted by molar-refractivity contribution is -0.132. The number of carbonyl (C=O) groups excluding carboxylic acids is 1. The lowest BCUT2D eigenvalue weighted by Crippen LogP contribution is -2.52. The van der Waals surface area contributed by atoms with E-state index in [0.29, 0.717) is 0 Å². The van der Waals surface area contributed by atoms with Gasteiger partial charge in [-0.2, -0.15) is 8.61 Å². The van der Waals surface area contributed by atoms with Crippen LogP contribution in [-0.4, -0.2) is 82.3 Å². The van der Waals surface area contributed by atoms with E-state index in [0.717, 1.165) is 16.1 Å². The molecule has 1 fully saturated rings. The maximum absolute atomic E-state index is 12.9. The summed E-state index contributed by atoms with van der Waals surface area (Å²) in [5.41, 5.74) is 0.991. The number of hydrogen-bond donors (Lipinski definition) is 0. The zero-order valence-electron chi connectivity index (χ0n) is 17.0. The summed E-state index contributed by atoms with van der Waals surface area (Å²) in [6, 6.07) is 6.89. The molecule has 1 aromatic carbocycles. The van der Waals surface area contributed by atoms with Crippen molar-refractivity contribution in [3.8, 4) is 0 Å². The van der Waals surface area contributed by atoms with Crippen molar-refractivity contribution in [3.05, 3.63) is 29.8 Å². The van der Waals surface area contributed by atoms with Crippen molar-refractivity contribution >= 4 is 26.0 Å². The average molecular weight is 432 g/mol. The molecule has 158 valence electrons. The average Bonchev–Trinajstić information content (AvgIpc) is 2.60. The molecule has 1 aliphatic heterocycles. The van der Waals surface area contributed by atoms with Crippen molar-refractivity contribution in [2.75, 3.05) is 46.0 Å². The van der Waals surface area contributed by atoms with E-state index in [4.69, 9.17) is 0 Å². The maximum atomic E-state index is 12.9. The third-order valence-electron chi connectivity index (χ3n) is 4.87. The first kappa shape index (κ1) is 22.8. The highest BCUT2D eigenvalue weighted by Crippen LogP contribution is 2.25. The number of sulfonamides is 2. The van der Waals surface area contributed by atoms with Crippen LogP contribution in [0.15, 0.2) is 29.2 Å². The van der Waals surface area contributed by atoms with Gasteiger partial charge in [-0.3, -0.25) is 4.79 Å². The Balaban J connectivity index is 2.03. The van der Waals surface area contributed by atoms with Crippen molar-refractivity contribution in [1.82, 2.24) is 13.5 Å². The van der Waals surface area contributed by atoms with Gasteiger partial charge in [0.05, 0.1) is 17.7 Å². The number of nitrogens with zero attached hydrogens (tertiary/aromatic N) is 3. The first-order chi connectivity index (χ1) is 12.7. The van der Waals surface area contributed by atoms with Crippen LogP contribution in [0.1, 0.15) is 26.3 Å². The molecule has 0 spiro atoms. The molecule has 0 aliphatic carbocycles. The molecule has 0 aromatic heterocycles. The van der Waals surface area contributed by atoms with Crippen LogP contribution >= 0.6 is 0 Å². The molecule has 0 saturated carbocycles. The highest BCUT2D eigenvalue weighted by Gasteiger charge is 2.31. The lowest BCUT2D eigenvalue weighted by atomic mass is 9.87. The van der Waals surface area contributed by atoms with E-state index < -0.39 is 20.0 Å². The number of amides is 1. The van der Waals surface area contributed by atoms with Gasteiger partial charge in [0.15, 0.2) is 0 Å². The molecule has 10 heteroatoms. The molecule has 28 heavy (non-hydrogen) atoms. The summed E-state index contributed by atoms with van der Waals surface area (Å²) in [4.78, 5) is 14.0. The number of likely N-dealkylation sites (N-methyl/N-ethyl adjacent to an activating group) is 1.